The van der Waals surface area contributed by atoms with Crippen molar-refractivity contribution in [3.63, 3.8) is 0 Å². The van der Waals surface area contributed by atoms with E-state index in [2.05, 4.69) is 9.97 Å². The van der Waals surface area contributed by atoms with Crippen molar-refractivity contribution in [3.8, 4) is 0 Å². The highest BCUT2D eigenvalue weighted by Crippen LogP contribution is 2.23. The number of hydrogen-bond acceptors (Lipinski definition) is 5. The standard InChI is InChI=1S/C12H18N4O2S/c1-8-5-9-10(14-6-8)16(11(13)15-9)7-12(2,3)19(4,17)18/h5-6H,7H2,1-4H3,(H2,13,15). The summed E-state index contributed by atoms with van der Waals surface area (Å²) in [5.41, 5.74) is 8.15. The number of hydrogen-bond donors (Lipinski definition) is 1. The molecule has 2 heterocycles. The molecule has 0 unspecified atom stereocenters. The molecule has 6 nitrogen and oxygen atoms in total. The Hall–Kier alpha value is -1.63. The van der Waals surface area contributed by atoms with Crippen molar-refractivity contribution < 1.29 is 8.42 Å². The van der Waals surface area contributed by atoms with E-state index in [1.165, 1.54) is 6.26 Å². The topological polar surface area (TPSA) is 90.9 Å². The van der Waals surface area contributed by atoms with Gasteiger partial charge in [0.05, 0.1) is 4.75 Å². The molecule has 2 aromatic heterocycles. The summed E-state index contributed by atoms with van der Waals surface area (Å²) in [5, 5.41) is 0. The molecule has 2 N–H and O–H groups in total. The normalized spacial score (nSPS) is 13.1. The lowest BCUT2D eigenvalue weighted by molar-refractivity contribution is 0.510. The van der Waals surface area contributed by atoms with E-state index < -0.39 is 14.6 Å². The van der Waals surface area contributed by atoms with E-state index in [1.54, 1.807) is 24.6 Å². The van der Waals surface area contributed by atoms with Crippen LogP contribution in [0.2, 0.25) is 0 Å². The summed E-state index contributed by atoms with van der Waals surface area (Å²) >= 11 is 0. The van der Waals surface area contributed by atoms with Gasteiger partial charge in [0.25, 0.3) is 0 Å². The van der Waals surface area contributed by atoms with E-state index in [9.17, 15) is 8.42 Å². The van der Waals surface area contributed by atoms with Crippen LogP contribution in [0, 0.1) is 6.92 Å². The highest BCUT2D eigenvalue weighted by Gasteiger charge is 2.32. The van der Waals surface area contributed by atoms with Crippen LogP contribution in [-0.2, 0) is 16.4 Å². The maximum absolute atomic E-state index is 11.8. The summed E-state index contributed by atoms with van der Waals surface area (Å²) in [4.78, 5) is 8.52. The Morgan fingerprint density at radius 3 is 2.63 bits per heavy atom. The Morgan fingerprint density at radius 2 is 2.05 bits per heavy atom. The van der Waals surface area contributed by atoms with Gasteiger partial charge in [0.15, 0.2) is 15.5 Å². The smallest absolute Gasteiger partial charge is 0.202 e. The van der Waals surface area contributed by atoms with Gasteiger partial charge in [0, 0.05) is 19.0 Å². The van der Waals surface area contributed by atoms with E-state index in [0.29, 0.717) is 11.2 Å². The van der Waals surface area contributed by atoms with Crippen molar-refractivity contribution in [3.05, 3.63) is 17.8 Å². The van der Waals surface area contributed by atoms with E-state index in [4.69, 9.17) is 5.73 Å². The second-order valence-electron chi connectivity index (χ2n) is 5.44. The molecule has 0 aliphatic heterocycles. The Kier molecular flexibility index (Phi) is 3.04. The van der Waals surface area contributed by atoms with Gasteiger partial charge >= 0.3 is 0 Å². The van der Waals surface area contributed by atoms with Gasteiger partial charge in [0.1, 0.15) is 5.52 Å². The fourth-order valence-corrected chi connectivity index (χ4v) is 2.15. The number of nitrogens with zero attached hydrogens (tertiary/aromatic N) is 3. The highest BCUT2D eigenvalue weighted by atomic mass is 32.2. The molecule has 0 atom stereocenters. The molecule has 7 heteroatoms. The molecule has 19 heavy (non-hydrogen) atoms. The second-order valence-corrected chi connectivity index (χ2v) is 8.09. The first-order valence-electron chi connectivity index (χ1n) is 5.90. The zero-order valence-electron chi connectivity index (χ0n) is 11.5. The molecule has 104 valence electrons. The van der Waals surface area contributed by atoms with E-state index in [1.807, 2.05) is 13.0 Å². The largest absolute Gasteiger partial charge is 0.369 e. The second kappa shape index (κ2) is 4.19. The van der Waals surface area contributed by atoms with Gasteiger partial charge in [-0.25, -0.2) is 18.4 Å². The molecule has 0 amide bonds. The third kappa shape index (κ3) is 2.42. The number of rotatable bonds is 3. The third-order valence-corrected chi connectivity index (χ3v) is 5.43. The Balaban J connectivity index is 2.55. The molecular formula is C12H18N4O2S. The van der Waals surface area contributed by atoms with Crippen LogP contribution < -0.4 is 5.73 Å². The fraction of sp³-hybridized carbons (Fsp3) is 0.500. The molecule has 0 fully saturated rings. The van der Waals surface area contributed by atoms with E-state index >= 15 is 0 Å². The first kappa shape index (κ1) is 13.8. The van der Waals surface area contributed by atoms with E-state index in [0.717, 1.165) is 5.56 Å². The first-order valence-corrected chi connectivity index (χ1v) is 7.79. The van der Waals surface area contributed by atoms with Crippen LogP contribution in [-0.4, -0.2) is 34.0 Å². The lowest BCUT2D eigenvalue weighted by Gasteiger charge is -2.23. The minimum atomic E-state index is -3.20. The molecule has 0 bridgehead atoms. The highest BCUT2D eigenvalue weighted by molar-refractivity contribution is 7.92. The van der Waals surface area contributed by atoms with Crippen LogP contribution in [0.15, 0.2) is 12.3 Å². The third-order valence-electron chi connectivity index (χ3n) is 3.29. The van der Waals surface area contributed by atoms with Crippen molar-refractivity contribution in [2.24, 2.45) is 0 Å². The maximum atomic E-state index is 11.8. The monoisotopic (exact) mass is 282 g/mol. The van der Waals surface area contributed by atoms with Crippen molar-refractivity contribution >= 4 is 26.9 Å². The van der Waals surface area contributed by atoms with Crippen LogP contribution >= 0.6 is 0 Å². The summed E-state index contributed by atoms with van der Waals surface area (Å²) in [6.45, 7) is 5.48. The Bertz CT molecular complexity index is 732. The molecule has 0 spiro atoms. The van der Waals surface area contributed by atoms with Gasteiger partial charge < -0.3 is 5.73 Å². The SMILES string of the molecule is Cc1cnc2c(c1)nc(N)n2CC(C)(C)S(C)(=O)=O. The lowest BCUT2D eigenvalue weighted by atomic mass is 10.2. The zero-order chi connectivity index (χ0) is 14.4. The number of nitrogens with two attached hydrogens (primary N) is 1. The summed E-state index contributed by atoms with van der Waals surface area (Å²) in [5.74, 6) is 0.282. The van der Waals surface area contributed by atoms with Gasteiger partial charge in [-0.3, -0.25) is 4.57 Å². The summed E-state index contributed by atoms with van der Waals surface area (Å²) in [7, 11) is -3.20. The molecule has 0 radical (unpaired) electrons. The molecule has 2 aromatic rings. The predicted octanol–water partition coefficient (Wildman–Crippen LogP) is 1.15. The molecular weight excluding hydrogens is 264 g/mol. The summed E-state index contributed by atoms with van der Waals surface area (Å²) in [6, 6.07) is 1.88. The molecule has 0 aromatic carbocycles. The summed E-state index contributed by atoms with van der Waals surface area (Å²) < 4.78 is 24.3. The number of aryl methyl sites for hydroxylation is 1. The van der Waals surface area contributed by atoms with Crippen molar-refractivity contribution in [2.45, 2.75) is 32.1 Å². The number of nitrogen functional groups attached to an aromatic ring is 1. The number of fused-ring (bicyclic) bond motifs is 1. The van der Waals surface area contributed by atoms with Crippen LogP contribution in [0.25, 0.3) is 11.2 Å². The van der Waals surface area contributed by atoms with Crippen LogP contribution in [0.5, 0.6) is 0 Å². The molecule has 2 rings (SSSR count). The maximum Gasteiger partial charge on any atom is 0.202 e. The van der Waals surface area contributed by atoms with Gasteiger partial charge in [-0.15, -0.1) is 0 Å². The van der Waals surface area contributed by atoms with Crippen molar-refractivity contribution in [1.82, 2.24) is 14.5 Å². The fourth-order valence-electron chi connectivity index (χ4n) is 1.78. The average Bonchev–Trinajstić information content (AvgIpc) is 2.52. The van der Waals surface area contributed by atoms with Crippen molar-refractivity contribution in [2.75, 3.05) is 12.0 Å². The number of aromatic nitrogens is 3. The quantitative estimate of drug-likeness (QED) is 0.911. The Labute approximate surface area is 112 Å². The number of sulfone groups is 1. The predicted molar refractivity (Wildman–Crippen MR) is 75.6 cm³/mol. The zero-order valence-corrected chi connectivity index (χ0v) is 12.3. The van der Waals surface area contributed by atoms with Crippen molar-refractivity contribution in [1.29, 1.82) is 0 Å². The molecule has 0 saturated heterocycles. The van der Waals surface area contributed by atoms with Gasteiger partial charge in [-0.05, 0) is 32.4 Å². The van der Waals surface area contributed by atoms with Gasteiger partial charge in [0.2, 0.25) is 5.95 Å². The number of imidazole rings is 1. The Morgan fingerprint density at radius 1 is 1.42 bits per heavy atom. The first-order chi connectivity index (χ1) is 8.62. The minimum absolute atomic E-state index is 0.226. The number of anilines is 1. The number of pyridine rings is 1. The summed E-state index contributed by atoms with van der Waals surface area (Å²) in [6.07, 6.45) is 2.94. The molecule has 0 aliphatic rings. The molecule has 0 saturated carbocycles. The van der Waals surface area contributed by atoms with Crippen LogP contribution in [0.1, 0.15) is 19.4 Å². The van der Waals surface area contributed by atoms with Crippen LogP contribution in [0.3, 0.4) is 0 Å². The van der Waals surface area contributed by atoms with Gasteiger partial charge in [-0.2, -0.15) is 0 Å². The minimum Gasteiger partial charge on any atom is -0.369 e. The lowest BCUT2D eigenvalue weighted by Crippen LogP contribution is -2.36. The average molecular weight is 282 g/mol. The van der Waals surface area contributed by atoms with Gasteiger partial charge in [-0.1, -0.05) is 0 Å². The van der Waals surface area contributed by atoms with E-state index in [-0.39, 0.29) is 12.5 Å². The van der Waals surface area contributed by atoms with Crippen LogP contribution in [0.4, 0.5) is 5.95 Å². The molecule has 0 aliphatic carbocycles.